The Hall–Kier alpha value is -1.81. The van der Waals surface area contributed by atoms with Crippen LogP contribution in [0, 0.1) is 11.6 Å². The molecule has 84 valence electrons. The van der Waals surface area contributed by atoms with Crippen molar-refractivity contribution in [1.29, 1.82) is 0 Å². The van der Waals surface area contributed by atoms with Gasteiger partial charge in [-0.1, -0.05) is 6.07 Å². The van der Waals surface area contributed by atoms with Crippen molar-refractivity contribution in [2.45, 2.75) is 0 Å². The lowest BCUT2D eigenvalue weighted by molar-refractivity contribution is 0.585. The van der Waals surface area contributed by atoms with Crippen LogP contribution in [0.4, 0.5) is 8.78 Å². The maximum Gasteiger partial charge on any atom is 0.133 e. The summed E-state index contributed by atoms with van der Waals surface area (Å²) < 4.78 is 31.5. The zero-order chi connectivity index (χ0) is 11.8. The average molecular weight is 247 g/mol. The Bertz CT molecular complexity index is 691. The van der Waals surface area contributed by atoms with Crippen LogP contribution in [0.15, 0.2) is 42.6 Å². The molecule has 3 rings (SSSR count). The third-order valence-corrected chi connectivity index (χ3v) is 3.37. The fourth-order valence-electron chi connectivity index (χ4n) is 1.76. The molecule has 0 aliphatic heterocycles. The molecule has 0 spiro atoms. The number of aromatic nitrogens is 1. The minimum atomic E-state index is -0.565. The fraction of sp³-hybridized carbons (Fsp3) is 0. The molecule has 0 N–H and O–H groups in total. The first-order chi connectivity index (χ1) is 8.24. The molecule has 1 aromatic heterocycles. The third-order valence-electron chi connectivity index (χ3n) is 2.59. The molecular formula is C13H7F2NS. The SMILES string of the molecule is Fc1ccc(-c2ccc3sncc3c2)c(F)c1. The molecule has 0 unspecified atom stereocenters. The highest BCUT2D eigenvalue weighted by Crippen LogP contribution is 2.28. The molecule has 0 fully saturated rings. The van der Waals surface area contributed by atoms with Gasteiger partial charge in [-0.25, -0.2) is 8.78 Å². The Morgan fingerprint density at radius 1 is 1.00 bits per heavy atom. The first kappa shape index (κ1) is 10.4. The molecule has 4 heteroatoms. The fourth-order valence-corrected chi connectivity index (χ4v) is 2.39. The lowest BCUT2D eigenvalue weighted by Crippen LogP contribution is -1.85. The first-order valence-electron chi connectivity index (χ1n) is 5.04. The van der Waals surface area contributed by atoms with Crippen LogP contribution < -0.4 is 0 Å². The van der Waals surface area contributed by atoms with Gasteiger partial charge in [0.05, 0.1) is 4.70 Å². The van der Waals surface area contributed by atoms with Crippen LogP contribution in [0.3, 0.4) is 0 Å². The van der Waals surface area contributed by atoms with Gasteiger partial charge < -0.3 is 0 Å². The van der Waals surface area contributed by atoms with E-state index >= 15 is 0 Å². The van der Waals surface area contributed by atoms with E-state index in [0.717, 1.165) is 21.7 Å². The summed E-state index contributed by atoms with van der Waals surface area (Å²) in [6.07, 6.45) is 1.74. The van der Waals surface area contributed by atoms with E-state index in [4.69, 9.17) is 0 Å². The van der Waals surface area contributed by atoms with Crippen LogP contribution in [0.5, 0.6) is 0 Å². The van der Waals surface area contributed by atoms with E-state index in [1.54, 1.807) is 6.20 Å². The standard InChI is InChI=1S/C13H7F2NS/c14-10-2-3-11(12(15)6-10)8-1-4-13-9(5-8)7-16-17-13/h1-7H. The van der Waals surface area contributed by atoms with Gasteiger partial charge in [0.1, 0.15) is 11.6 Å². The van der Waals surface area contributed by atoms with Crippen LogP contribution >= 0.6 is 11.5 Å². The van der Waals surface area contributed by atoms with Gasteiger partial charge in [-0.15, -0.1) is 0 Å². The minimum absolute atomic E-state index is 0.402. The zero-order valence-corrected chi connectivity index (χ0v) is 9.47. The molecule has 0 saturated heterocycles. The molecule has 0 aliphatic rings. The molecule has 2 aromatic carbocycles. The lowest BCUT2D eigenvalue weighted by Gasteiger charge is -2.03. The summed E-state index contributed by atoms with van der Waals surface area (Å²) in [5.41, 5.74) is 1.13. The van der Waals surface area contributed by atoms with Crippen molar-refractivity contribution in [2.24, 2.45) is 0 Å². The van der Waals surface area contributed by atoms with Crippen LogP contribution in [-0.4, -0.2) is 4.37 Å². The monoisotopic (exact) mass is 247 g/mol. The number of rotatable bonds is 1. The van der Waals surface area contributed by atoms with Gasteiger partial charge in [0.2, 0.25) is 0 Å². The molecule has 1 nitrogen and oxygen atoms in total. The van der Waals surface area contributed by atoms with Crippen molar-refractivity contribution < 1.29 is 8.78 Å². The number of halogens is 2. The highest BCUT2D eigenvalue weighted by molar-refractivity contribution is 7.13. The molecule has 0 bridgehead atoms. The van der Waals surface area contributed by atoms with Gasteiger partial charge in [0, 0.05) is 23.2 Å². The predicted molar refractivity (Wildman–Crippen MR) is 65.0 cm³/mol. The summed E-state index contributed by atoms with van der Waals surface area (Å²) in [5, 5.41) is 0.969. The van der Waals surface area contributed by atoms with Crippen molar-refractivity contribution in [1.82, 2.24) is 4.37 Å². The van der Waals surface area contributed by atoms with E-state index < -0.39 is 11.6 Å². The van der Waals surface area contributed by atoms with E-state index in [9.17, 15) is 8.78 Å². The average Bonchev–Trinajstić information content (AvgIpc) is 2.75. The molecule has 0 aliphatic carbocycles. The van der Waals surface area contributed by atoms with Gasteiger partial charge in [-0.05, 0) is 41.4 Å². The summed E-state index contributed by atoms with van der Waals surface area (Å²) in [7, 11) is 0. The summed E-state index contributed by atoms with van der Waals surface area (Å²) in [4.78, 5) is 0. The second-order valence-corrected chi connectivity index (χ2v) is 4.54. The smallest absolute Gasteiger partial charge is 0.133 e. The molecule has 0 amide bonds. The summed E-state index contributed by atoms with van der Waals surface area (Å²) in [6, 6.07) is 9.17. The molecule has 3 aromatic rings. The van der Waals surface area contributed by atoms with Gasteiger partial charge in [-0.3, -0.25) is 0 Å². The molecule has 17 heavy (non-hydrogen) atoms. The lowest BCUT2D eigenvalue weighted by atomic mass is 10.0. The number of hydrogen-bond acceptors (Lipinski definition) is 2. The van der Waals surface area contributed by atoms with Crippen LogP contribution in [0.1, 0.15) is 0 Å². The molecule has 0 radical (unpaired) electrons. The number of benzene rings is 2. The molecule has 0 atom stereocenters. The highest BCUT2D eigenvalue weighted by Gasteiger charge is 2.07. The summed E-state index contributed by atoms with van der Waals surface area (Å²) >= 11 is 1.39. The van der Waals surface area contributed by atoms with Gasteiger partial charge in [0.15, 0.2) is 0 Å². The second kappa shape index (κ2) is 3.89. The first-order valence-corrected chi connectivity index (χ1v) is 5.81. The van der Waals surface area contributed by atoms with Crippen molar-refractivity contribution in [2.75, 3.05) is 0 Å². The Balaban J connectivity index is 2.19. The summed E-state index contributed by atoms with van der Waals surface area (Å²) in [6.45, 7) is 0. The number of hydrogen-bond donors (Lipinski definition) is 0. The van der Waals surface area contributed by atoms with E-state index in [0.29, 0.717) is 5.56 Å². The quantitative estimate of drug-likeness (QED) is 0.626. The maximum absolute atomic E-state index is 13.6. The Kier molecular flexibility index (Phi) is 2.37. The van der Waals surface area contributed by atoms with Gasteiger partial charge >= 0.3 is 0 Å². The van der Waals surface area contributed by atoms with Crippen molar-refractivity contribution in [3.05, 3.63) is 54.2 Å². The Labute approximate surface area is 101 Å². The Morgan fingerprint density at radius 3 is 2.71 bits per heavy atom. The van der Waals surface area contributed by atoms with Crippen molar-refractivity contribution in [3.63, 3.8) is 0 Å². The normalized spacial score (nSPS) is 10.9. The topological polar surface area (TPSA) is 12.9 Å². The van der Waals surface area contributed by atoms with Crippen LogP contribution in [0.2, 0.25) is 0 Å². The van der Waals surface area contributed by atoms with Crippen molar-refractivity contribution >= 4 is 21.6 Å². The van der Waals surface area contributed by atoms with E-state index in [1.807, 2.05) is 18.2 Å². The number of nitrogens with zero attached hydrogens (tertiary/aromatic N) is 1. The zero-order valence-electron chi connectivity index (χ0n) is 8.65. The van der Waals surface area contributed by atoms with Crippen LogP contribution in [-0.2, 0) is 0 Å². The summed E-state index contributed by atoms with van der Waals surface area (Å²) in [5.74, 6) is -1.11. The maximum atomic E-state index is 13.6. The largest absolute Gasteiger partial charge is 0.207 e. The van der Waals surface area contributed by atoms with E-state index in [-0.39, 0.29) is 0 Å². The minimum Gasteiger partial charge on any atom is -0.207 e. The van der Waals surface area contributed by atoms with E-state index in [2.05, 4.69) is 4.37 Å². The third kappa shape index (κ3) is 1.80. The molecular weight excluding hydrogens is 240 g/mol. The van der Waals surface area contributed by atoms with Gasteiger partial charge in [0.25, 0.3) is 0 Å². The number of fused-ring (bicyclic) bond motifs is 1. The van der Waals surface area contributed by atoms with Crippen LogP contribution in [0.25, 0.3) is 21.2 Å². The second-order valence-electron chi connectivity index (χ2n) is 3.70. The highest BCUT2D eigenvalue weighted by atomic mass is 32.1. The predicted octanol–water partition coefficient (Wildman–Crippen LogP) is 4.24. The molecule has 0 saturated carbocycles. The Morgan fingerprint density at radius 2 is 1.88 bits per heavy atom. The van der Waals surface area contributed by atoms with Crippen molar-refractivity contribution in [3.8, 4) is 11.1 Å². The molecule has 1 heterocycles. The van der Waals surface area contributed by atoms with Gasteiger partial charge in [-0.2, -0.15) is 4.37 Å². The van der Waals surface area contributed by atoms with E-state index in [1.165, 1.54) is 23.7 Å².